The standard InChI is InChI=1S/C18H26N2O/c1-4-12-20(14(2)3)18(21)11-7-8-15-13-19-17-10-6-5-9-16(15)17/h5-6,9-10,13-14,19H,4,7-8,11-12H2,1-3H3. The van der Waals surface area contributed by atoms with Crippen molar-refractivity contribution in [3.8, 4) is 0 Å². The van der Waals surface area contributed by atoms with Gasteiger partial charge in [0.25, 0.3) is 0 Å². The van der Waals surface area contributed by atoms with Gasteiger partial charge in [0, 0.05) is 36.1 Å². The Labute approximate surface area is 127 Å². The summed E-state index contributed by atoms with van der Waals surface area (Å²) in [5.41, 5.74) is 2.48. The quantitative estimate of drug-likeness (QED) is 0.816. The molecular formula is C18H26N2O. The molecule has 0 fully saturated rings. The number of rotatable bonds is 7. The van der Waals surface area contributed by atoms with Crippen LogP contribution >= 0.6 is 0 Å². The smallest absolute Gasteiger partial charge is 0.222 e. The van der Waals surface area contributed by atoms with E-state index in [4.69, 9.17) is 0 Å². The zero-order valence-electron chi connectivity index (χ0n) is 13.4. The van der Waals surface area contributed by atoms with E-state index in [1.54, 1.807) is 0 Å². The van der Waals surface area contributed by atoms with Gasteiger partial charge in [0.05, 0.1) is 0 Å². The van der Waals surface area contributed by atoms with Gasteiger partial charge in [-0.2, -0.15) is 0 Å². The molecule has 21 heavy (non-hydrogen) atoms. The van der Waals surface area contributed by atoms with Crippen molar-refractivity contribution >= 4 is 16.8 Å². The van der Waals surface area contributed by atoms with Crippen LogP contribution in [0.3, 0.4) is 0 Å². The number of hydrogen-bond acceptors (Lipinski definition) is 1. The van der Waals surface area contributed by atoms with Crippen molar-refractivity contribution in [2.45, 2.75) is 52.5 Å². The molecule has 0 radical (unpaired) electrons. The summed E-state index contributed by atoms with van der Waals surface area (Å²) >= 11 is 0. The largest absolute Gasteiger partial charge is 0.361 e. The van der Waals surface area contributed by atoms with Crippen LogP contribution in [0.15, 0.2) is 30.5 Å². The number of benzene rings is 1. The van der Waals surface area contributed by atoms with Crippen LogP contribution in [0.25, 0.3) is 10.9 Å². The molecule has 1 N–H and O–H groups in total. The number of fused-ring (bicyclic) bond motifs is 1. The van der Waals surface area contributed by atoms with Gasteiger partial charge in [-0.25, -0.2) is 0 Å². The summed E-state index contributed by atoms with van der Waals surface area (Å²) in [4.78, 5) is 17.6. The molecule has 1 aromatic heterocycles. The highest BCUT2D eigenvalue weighted by Gasteiger charge is 2.15. The van der Waals surface area contributed by atoms with Crippen LogP contribution in [0.5, 0.6) is 0 Å². The third-order valence-electron chi connectivity index (χ3n) is 3.92. The highest BCUT2D eigenvalue weighted by molar-refractivity contribution is 5.83. The third kappa shape index (κ3) is 3.87. The molecule has 3 heteroatoms. The second kappa shape index (κ2) is 7.30. The van der Waals surface area contributed by atoms with E-state index in [9.17, 15) is 4.79 Å². The lowest BCUT2D eigenvalue weighted by atomic mass is 10.1. The number of aromatic nitrogens is 1. The highest BCUT2D eigenvalue weighted by Crippen LogP contribution is 2.19. The van der Waals surface area contributed by atoms with Crippen molar-refractivity contribution in [1.82, 2.24) is 9.88 Å². The maximum Gasteiger partial charge on any atom is 0.222 e. The maximum absolute atomic E-state index is 12.3. The SMILES string of the molecule is CCCN(C(=O)CCCc1c[nH]c2ccccc12)C(C)C. The number of para-hydroxylation sites is 1. The molecule has 0 aliphatic carbocycles. The minimum absolute atomic E-state index is 0.284. The molecule has 0 aliphatic rings. The maximum atomic E-state index is 12.3. The number of aromatic amines is 1. The van der Waals surface area contributed by atoms with Gasteiger partial charge >= 0.3 is 0 Å². The Kier molecular flexibility index (Phi) is 5.43. The van der Waals surface area contributed by atoms with Gasteiger partial charge in [0.15, 0.2) is 0 Å². The molecule has 2 aromatic rings. The fraction of sp³-hybridized carbons (Fsp3) is 0.500. The van der Waals surface area contributed by atoms with Crippen molar-refractivity contribution in [1.29, 1.82) is 0 Å². The van der Waals surface area contributed by atoms with Gasteiger partial charge in [-0.15, -0.1) is 0 Å². The van der Waals surface area contributed by atoms with Crippen molar-refractivity contribution in [2.24, 2.45) is 0 Å². The molecule has 1 heterocycles. The van der Waals surface area contributed by atoms with Crippen molar-refractivity contribution < 1.29 is 4.79 Å². The lowest BCUT2D eigenvalue weighted by Crippen LogP contribution is -2.37. The average molecular weight is 286 g/mol. The van der Waals surface area contributed by atoms with E-state index in [0.717, 1.165) is 25.8 Å². The molecule has 114 valence electrons. The first-order valence-corrected chi connectivity index (χ1v) is 7.98. The molecule has 1 amide bonds. The van der Waals surface area contributed by atoms with Crippen LogP contribution in [-0.2, 0) is 11.2 Å². The monoisotopic (exact) mass is 286 g/mol. The molecule has 0 saturated heterocycles. The third-order valence-corrected chi connectivity index (χ3v) is 3.92. The van der Waals surface area contributed by atoms with E-state index in [-0.39, 0.29) is 5.91 Å². The van der Waals surface area contributed by atoms with Crippen molar-refractivity contribution in [3.05, 3.63) is 36.0 Å². The number of amides is 1. The van der Waals surface area contributed by atoms with Crippen LogP contribution in [0, 0.1) is 0 Å². The predicted molar refractivity (Wildman–Crippen MR) is 88.4 cm³/mol. The number of carbonyl (C=O) groups excluding carboxylic acids is 1. The van der Waals surface area contributed by atoms with E-state index < -0.39 is 0 Å². The van der Waals surface area contributed by atoms with Crippen LogP contribution in [-0.4, -0.2) is 28.4 Å². The average Bonchev–Trinajstić information content (AvgIpc) is 2.88. The Morgan fingerprint density at radius 1 is 1.29 bits per heavy atom. The molecule has 2 rings (SSSR count). The molecule has 0 saturated carbocycles. The van der Waals surface area contributed by atoms with E-state index in [0.29, 0.717) is 12.5 Å². The van der Waals surface area contributed by atoms with Crippen molar-refractivity contribution in [2.75, 3.05) is 6.54 Å². The zero-order valence-corrected chi connectivity index (χ0v) is 13.4. The number of nitrogens with one attached hydrogen (secondary N) is 1. The normalized spacial score (nSPS) is 11.2. The topological polar surface area (TPSA) is 36.1 Å². The Morgan fingerprint density at radius 2 is 2.05 bits per heavy atom. The molecule has 1 aromatic carbocycles. The van der Waals surface area contributed by atoms with E-state index in [1.165, 1.54) is 16.5 Å². The Bertz CT molecular complexity index is 586. The minimum Gasteiger partial charge on any atom is -0.361 e. The summed E-state index contributed by atoms with van der Waals surface area (Å²) in [6.45, 7) is 7.17. The Hall–Kier alpha value is -1.77. The predicted octanol–water partition coefficient (Wildman–Crippen LogP) is 4.14. The summed E-state index contributed by atoms with van der Waals surface area (Å²) in [6.07, 6.45) is 5.59. The molecule has 3 nitrogen and oxygen atoms in total. The summed E-state index contributed by atoms with van der Waals surface area (Å²) in [7, 11) is 0. The van der Waals surface area contributed by atoms with Crippen LogP contribution in [0.4, 0.5) is 0 Å². The summed E-state index contributed by atoms with van der Waals surface area (Å²) in [6, 6.07) is 8.63. The van der Waals surface area contributed by atoms with Gasteiger partial charge in [0.1, 0.15) is 0 Å². The van der Waals surface area contributed by atoms with Gasteiger partial charge in [-0.05, 0) is 44.7 Å². The first-order valence-electron chi connectivity index (χ1n) is 7.98. The Balaban J connectivity index is 1.90. The van der Waals surface area contributed by atoms with Crippen LogP contribution < -0.4 is 0 Å². The highest BCUT2D eigenvalue weighted by atomic mass is 16.2. The lowest BCUT2D eigenvalue weighted by molar-refractivity contribution is -0.133. The second-order valence-corrected chi connectivity index (χ2v) is 5.89. The fourth-order valence-corrected chi connectivity index (χ4v) is 2.82. The first kappa shape index (κ1) is 15.6. The number of carbonyl (C=O) groups is 1. The van der Waals surface area contributed by atoms with Gasteiger partial charge in [-0.3, -0.25) is 4.79 Å². The van der Waals surface area contributed by atoms with Crippen LogP contribution in [0.2, 0.25) is 0 Å². The number of hydrogen-bond donors (Lipinski definition) is 1. The Morgan fingerprint density at radius 3 is 2.76 bits per heavy atom. The molecule has 0 aliphatic heterocycles. The number of aryl methyl sites for hydroxylation is 1. The van der Waals surface area contributed by atoms with Gasteiger partial charge in [-0.1, -0.05) is 25.1 Å². The summed E-state index contributed by atoms with van der Waals surface area (Å²) in [5.74, 6) is 0.284. The summed E-state index contributed by atoms with van der Waals surface area (Å²) < 4.78 is 0. The molecule has 0 atom stereocenters. The zero-order chi connectivity index (χ0) is 15.2. The van der Waals surface area contributed by atoms with E-state index in [2.05, 4.69) is 50.2 Å². The second-order valence-electron chi connectivity index (χ2n) is 5.89. The number of nitrogens with zero attached hydrogens (tertiary/aromatic N) is 1. The molecule has 0 spiro atoms. The van der Waals surface area contributed by atoms with Crippen LogP contribution in [0.1, 0.15) is 45.6 Å². The first-order chi connectivity index (χ1) is 10.1. The van der Waals surface area contributed by atoms with Gasteiger partial charge in [0.2, 0.25) is 5.91 Å². The van der Waals surface area contributed by atoms with Crippen molar-refractivity contribution in [3.63, 3.8) is 0 Å². The fourth-order valence-electron chi connectivity index (χ4n) is 2.82. The van der Waals surface area contributed by atoms with E-state index in [1.807, 2.05) is 11.0 Å². The lowest BCUT2D eigenvalue weighted by Gasteiger charge is -2.26. The van der Waals surface area contributed by atoms with Gasteiger partial charge < -0.3 is 9.88 Å². The van der Waals surface area contributed by atoms with E-state index >= 15 is 0 Å². The molecular weight excluding hydrogens is 260 g/mol. The minimum atomic E-state index is 0.284. The molecule has 0 bridgehead atoms. The molecule has 0 unspecified atom stereocenters. The summed E-state index contributed by atoms with van der Waals surface area (Å²) in [5, 5.41) is 1.28. The number of H-pyrrole nitrogens is 1.